The van der Waals surface area contributed by atoms with Crippen molar-refractivity contribution in [2.75, 3.05) is 0 Å². The van der Waals surface area contributed by atoms with Crippen molar-refractivity contribution in [1.29, 1.82) is 0 Å². The van der Waals surface area contributed by atoms with Gasteiger partial charge >= 0.3 is 6.61 Å². The van der Waals surface area contributed by atoms with Crippen LogP contribution >= 0.6 is 0 Å². The number of hydrogen-bond donors (Lipinski definition) is 1. The summed E-state index contributed by atoms with van der Waals surface area (Å²) in [5.74, 6) is -0.325. The number of amides is 1. The molecule has 4 aromatic rings. The minimum Gasteiger partial charge on any atom is -0.435 e. The van der Waals surface area contributed by atoms with Crippen LogP contribution in [0.15, 0.2) is 67.3 Å². The lowest BCUT2D eigenvalue weighted by Crippen LogP contribution is -2.24. The number of carbonyl (C=O) groups is 1. The van der Waals surface area contributed by atoms with Gasteiger partial charge in [0.05, 0.1) is 17.7 Å². The Bertz CT molecular complexity index is 1160. The Hall–Kier alpha value is -4.08. The standard InChI is InChI=1S/C21H18F2N6O2/c1-14-19(26-27-29(14)17-6-8-18(9-7-17)31-21(22)23)20(30)25-12-15-2-4-16(5-3-15)28-11-10-24-13-28/h2-11,13,21H,12H2,1H3,(H,25,30). The SMILES string of the molecule is Cc1c(C(=O)NCc2ccc(-n3ccnc3)cc2)nnn1-c1ccc(OC(F)F)cc1. The first kappa shape index (κ1) is 20.2. The normalized spacial score (nSPS) is 11.0. The van der Waals surface area contributed by atoms with Crippen molar-refractivity contribution >= 4 is 5.91 Å². The fraction of sp³-hybridized carbons (Fsp3) is 0.143. The van der Waals surface area contributed by atoms with Gasteiger partial charge in [-0.3, -0.25) is 4.79 Å². The predicted molar refractivity (Wildman–Crippen MR) is 107 cm³/mol. The molecule has 1 amide bonds. The van der Waals surface area contributed by atoms with Gasteiger partial charge in [-0.15, -0.1) is 5.10 Å². The molecule has 8 nitrogen and oxygen atoms in total. The zero-order valence-corrected chi connectivity index (χ0v) is 16.4. The van der Waals surface area contributed by atoms with E-state index >= 15 is 0 Å². The van der Waals surface area contributed by atoms with Crippen LogP contribution in [0.1, 0.15) is 21.7 Å². The third kappa shape index (κ3) is 4.58. The maximum Gasteiger partial charge on any atom is 0.387 e. The Morgan fingerprint density at radius 1 is 1.10 bits per heavy atom. The summed E-state index contributed by atoms with van der Waals surface area (Å²) in [4.78, 5) is 16.6. The monoisotopic (exact) mass is 424 g/mol. The van der Waals surface area contributed by atoms with Crippen LogP contribution in [-0.4, -0.2) is 37.1 Å². The van der Waals surface area contributed by atoms with Crippen LogP contribution in [0.4, 0.5) is 8.78 Å². The van der Waals surface area contributed by atoms with E-state index in [-0.39, 0.29) is 17.4 Å². The highest BCUT2D eigenvalue weighted by atomic mass is 19.3. The van der Waals surface area contributed by atoms with E-state index < -0.39 is 6.61 Å². The maximum absolute atomic E-state index is 12.6. The van der Waals surface area contributed by atoms with Gasteiger partial charge in [0.1, 0.15) is 5.75 Å². The van der Waals surface area contributed by atoms with E-state index in [9.17, 15) is 13.6 Å². The number of ether oxygens (including phenoxy) is 1. The minimum absolute atomic E-state index is 0.0357. The lowest BCUT2D eigenvalue weighted by atomic mass is 10.2. The van der Waals surface area contributed by atoms with Crippen LogP contribution in [0.5, 0.6) is 5.75 Å². The summed E-state index contributed by atoms with van der Waals surface area (Å²) < 4.78 is 32.2. The van der Waals surface area contributed by atoms with Gasteiger partial charge in [0.25, 0.3) is 5.91 Å². The summed E-state index contributed by atoms with van der Waals surface area (Å²) in [6, 6.07) is 13.6. The van der Waals surface area contributed by atoms with Gasteiger partial charge < -0.3 is 14.6 Å². The van der Waals surface area contributed by atoms with Crippen molar-refractivity contribution in [2.24, 2.45) is 0 Å². The molecule has 0 spiro atoms. The van der Waals surface area contributed by atoms with Crippen molar-refractivity contribution in [2.45, 2.75) is 20.1 Å². The fourth-order valence-corrected chi connectivity index (χ4v) is 3.02. The molecule has 0 fully saturated rings. The number of imidazole rings is 1. The lowest BCUT2D eigenvalue weighted by molar-refractivity contribution is -0.0498. The summed E-state index contributed by atoms with van der Waals surface area (Å²) in [7, 11) is 0. The largest absolute Gasteiger partial charge is 0.435 e. The summed E-state index contributed by atoms with van der Waals surface area (Å²) in [5.41, 5.74) is 3.17. The highest BCUT2D eigenvalue weighted by Gasteiger charge is 2.17. The molecule has 31 heavy (non-hydrogen) atoms. The van der Waals surface area contributed by atoms with E-state index in [1.54, 1.807) is 31.6 Å². The smallest absolute Gasteiger partial charge is 0.387 e. The van der Waals surface area contributed by atoms with Crippen molar-refractivity contribution in [3.05, 3.63) is 84.2 Å². The van der Waals surface area contributed by atoms with E-state index in [2.05, 4.69) is 25.3 Å². The summed E-state index contributed by atoms with van der Waals surface area (Å²) >= 11 is 0. The third-order valence-corrected chi connectivity index (χ3v) is 4.61. The van der Waals surface area contributed by atoms with E-state index in [1.807, 2.05) is 35.0 Å². The molecule has 0 aliphatic heterocycles. The highest BCUT2D eigenvalue weighted by Crippen LogP contribution is 2.19. The first-order valence-electron chi connectivity index (χ1n) is 9.34. The molecule has 2 aromatic heterocycles. The second kappa shape index (κ2) is 8.74. The van der Waals surface area contributed by atoms with Gasteiger partial charge in [-0.25, -0.2) is 9.67 Å². The molecule has 0 radical (unpaired) electrons. The summed E-state index contributed by atoms with van der Waals surface area (Å²) in [6.07, 6.45) is 5.26. The number of aromatic nitrogens is 5. The average Bonchev–Trinajstić information content (AvgIpc) is 3.43. The Labute approximate surface area is 176 Å². The topological polar surface area (TPSA) is 86.9 Å². The molecule has 1 N–H and O–H groups in total. The lowest BCUT2D eigenvalue weighted by Gasteiger charge is -2.08. The van der Waals surface area contributed by atoms with Gasteiger partial charge in [-0.2, -0.15) is 8.78 Å². The number of hydrogen-bond acceptors (Lipinski definition) is 5. The molecule has 0 aliphatic carbocycles. The van der Waals surface area contributed by atoms with Gasteiger partial charge in [-0.05, 0) is 48.9 Å². The Morgan fingerprint density at radius 2 is 1.81 bits per heavy atom. The summed E-state index contributed by atoms with van der Waals surface area (Å²) in [5, 5.41) is 10.8. The number of carbonyl (C=O) groups excluding carboxylic acids is 1. The third-order valence-electron chi connectivity index (χ3n) is 4.61. The molecule has 4 rings (SSSR count). The molecule has 0 saturated carbocycles. The molecule has 0 atom stereocenters. The van der Waals surface area contributed by atoms with Crippen molar-refractivity contribution in [1.82, 2.24) is 29.9 Å². The molecule has 158 valence electrons. The number of alkyl halides is 2. The van der Waals surface area contributed by atoms with Crippen LogP contribution < -0.4 is 10.1 Å². The van der Waals surface area contributed by atoms with Gasteiger partial charge in [0, 0.05) is 24.6 Å². The maximum atomic E-state index is 12.6. The molecule has 2 heterocycles. The molecular weight excluding hydrogens is 406 g/mol. The zero-order chi connectivity index (χ0) is 21.8. The first-order chi connectivity index (χ1) is 15.0. The number of benzene rings is 2. The van der Waals surface area contributed by atoms with Crippen LogP contribution in [0.3, 0.4) is 0 Å². The van der Waals surface area contributed by atoms with Crippen molar-refractivity contribution < 1.29 is 18.3 Å². The van der Waals surface area contributed by atoms with Gasteiger partial charge in [-0.1, -0.05) is 17.3 Å². The number of rotatable bonds is 7. The Kier molecular flexibility index (Phi) is 5.69. The molecule has 0 unspecified atom stereocenters. The zero-order valence-electron chi connectivity index (χ0n) is 16.4. The van der Waals surface area contributed by atoms with E-state index in [1.165, 1.54) is 16.8 Å². The second-order valence-corrected chi connectivity index (χ2v) is 6.63. The van der Waals surface area contributed by atoms with E-state index in [0.717, 1.165) is 11.3 Å². The molecule has 0 bridgehead atoms. The van der Waals surface area contributed by atoms with Crippen LogP contribution in [-0.2, 0) is 6.54 Å². The average molecular weight is 424 g/mol. The highest BCUT2D eigenvalue weighted by molar-refractivity contribution is 5.93. The first-order valence-corrected chi connectivity index (χ1v) is 9.34. The van der Waals surface area contributed by atoms with Gasteiger partial charge in [0.15, 0.2) is 5.69 Å². The van der Waals surface area contributed by atoms with E-state index in [4.69, 9.17) is 0 Å². The van der Waals surface area contributed by atoms with Gasteiger partial charge in [0.2, 0.25) is 0 Å². The van der Waals surface area contributed by atoms with Crippen molar-refractivity contribution in [3.63, 3.8) is 0 Å². The molecule has 0 aliphatic rings. The number of halogens is 2. The quantitative estimate of drug-likeness (QED) is 0.492. The molecule has 10 heteroatoms. The molecule has 2 aromatic carbocycles. The second-order valence-electron chi connectivity index (χ2n) is 6.63. The molecule has 0 saturated heterocycles. The van der Waals surface area contributed by atoms with Crippen LogP contribution in [0.25, 0.3) is 11.4 Å². The predicted octanol–water partition coefficient (Wildman–Crippen LogP) is 3.29. The fourth-order valence-electron chi connectivity index (χ4n) is 3.02. The molecular formula is C21H18F2N6O2. The van der Waals surface area contributed by atoms with Crippen LogP contribution in [0.2, 0.25) is 0 Å². The Morgan fingerprint density at radius 3 is 2.45 bits per heavy atom. The number of nitrogens with one attached hydrogen (secondary N) is 1. The van der Waals surface area contributed by atoms with Crippen LogP contribution in [0, 0.1) is 6.92 Å². The summed E-state index contributed by atoms with van der Waals surface area (Å²) in [6.45, 7) is -0.857. The van der Waals surface area contributed by atoms with Crippen molar-refractivity contribution in [3.8, 4) is 17.1 Å². The minimum atomic E-state index is -2.89. The van der Waals surface area contributed by atoms with E-state index in [0.29, 0.717) is 17.9 Å². The Balaban J connectivity index is 1.41. The number of nitrogens with zero attached hydrogens (tertiary/aromatic N) is 5.